The molecule has 5 rings (SSSR count). The number of urea groups is 1. The van der Waals surface area contributed by atoms with Gasteiger partial charge >= 0.3 is 6.03 Å². The molecule has 2 aliphatic rings. The second kappa shape index (κ2) is 8.33. The predicted octanol–water partition coefficient (Wildman–Crippen LogP) is 4.44. The Morgan fingerprint density at radius 1 is 0.971 bits per heavy atom. The van der Waals surface area contributed by atoms with Crippen molar-refractivity contribution in [3.8, 4) is 17.2 Å². The topological polar surface area (TPSA) is 90.2 Å². The summed E-state index contributed by atoms with van der Waals surface area (Å²) in [5.74, 6) is 2.98. The Kier molecular flexibility index (Phi) is 5.42. The maximum absolute atomic E-state index is 13.3. The fraction of sp³-hybridized carbons (Fsp3) is 0.346. The van der Waals surface area contributed by atoms with E-state index in [1.54, 1.807) is 26.2 Å². The van der Waals surface area contributed by atoms with Gasteiger partial charge in [-0.25, -0.2) is 14.5 Å². The number of rotatable bonds is 5. The maximum Gasteiger partial charge on any atom is 0.328 e. The number of hydrogen-bond acceptors (Lipinski definition) is 6. The van der Waals surface area contributed by atoms with Crippen molar-refractivity contribution in [1.82, 2.24) is 15.1 Å². The molecule has 3 heterocycles. The van der Waals surface area contributed by atoms with Gasteiger partial charge in [-0.15, -0.1) is 0 Å². The van der Waals surface area contributed by atoms with Crippen molar-refractivity contribution in [3.05, 3.63) is 59.8 Å². The Morgan fingerprint density at radius 2 is 1.74 bits per heavy atom. The second-order valence-electron chi connectivity index (χ2n) is 9.54. The lowest BCUT2D eigenvalue weighted by atomic mass is 9.83. The first-order valence-electron chi connectivity index (χ1n) is 11.4. The van der Waals surface area contributed by atoms with Crippen LogP contribution >= 0.6 is 0 Å². The van der Waals surface area contributed by atoms with Crippen molar-refractivity contribution in [2.24, 2.45) is 4.99 Å². The molecule has 1 fully saturated rings. The van der Waals surface area contributed by atoms with Crippen LogP contribution in [0.2, 0.25) is 0 Å². The van der Waals surface area contributed by atoms with Crippen LogP contribution < -0.4 is 24.4 Å². The Hall–Kier alpha value is -4.01. The van der Waals surface area contributed by atoms with E-state index < -0.39 is 6.04 Å². The molecule has 3 aromatic rings. The van der Waals surface area contributed by atoms with Crippen LogP contribution in [0.3, 0.4) is 0 Å². The van der Waals surface area contributed by atoms with Gasteiger partial charge in [0, 0.05) is 23.2 Å². The van der Waals surface area contributed by atoms with Crippen molar-refractivity contribution in [1.29, 1.82) is 0 Å². The second-order valence-corrected chi connectivity index (χ2v) is 9.54. The molecule has 35 heavy (non-hydrogen) atoms. The lowest BCUT2D eigenvalue weighted by molar-refractivity contribution is 0.252. The number of ether oxygens (including phenoxy) is 3. The average Bonchev–Trinajstić information content (AvgIpc) is 3.42. The molecule has 2 aromatic carbocycles. The number of hydrogen-bond donors (Lipinski definition) is 1. The number of aliphatic imine (C=N–C) groups is 1. The summed E-state index contributed by atoms with van der Waals surface area (Å²) in [6.45, 7) is 6.23. The Balaban J connectivity index is 1.72. The number of nitrogens with one attached hydrogen (secondary N) is 1. The minimum Gasteiger partial charge on any atom is -0.497 e. The number of amides is 2. The van der Waals surface area contributed by atoms with E-state index in [0.717, 1.165) is 16.9 Å². The van der Waals surface area contributed by atoms with E-state index in [-0.39, 0.29) is 17.5 Å². The van der Waals surface area contributed by atoms with Crippen LogP contribution in [-0.2, 0) is 5.54 Å². The molecule has 9 heteroatoms. The zero-order valence-corrected chi connectivity index (χ0v) is 20.7. The van der Waals surface area contributed by atoms with Crippen LogP contribution in [0.5, 0.6) is 17.2 Å². The summed E-state index contributed by atoms with van der Waals surface area (Å²) in [7, 11) is 4.83. The van der Waals surface area contributed by atoms with Gasteiger partial charge in [0.15, 0.2) is 17.3 Å². The Labute approximate surface area is 204 Å². The Morgan fingerprint density at radius 3 is 2.43 bits per heavy atom. The van der Waals surface area contributed by atoms with E-state index in [9.17, 15) is 4.79 Å². The zero-order valence-electron chi connectivity index (χ0n) is 20.7. The maximum atomic E-state index is 13.3. The first kappa shape index (κ1) is 22.8. The monoisotopic (exact) mass is 475 g/mol. The molecule has 0 unspecified atom stereocenters. The van der Waals surface area contributed by atoms with E-state index in [1.165, 1.54) is 0 Å². The summed E-state index contributed by atoms with van der Waals surface area (Å²) in [5.41, 5.74) is 2.32. The molecule has 2 aliphatic heterocycles. The number of nitrogens with zero attached hydrogens (tertiary/aromatic N) is 4. The molecule has 0 aliphatic carbocycles. The highest BCUT2D eigenvalue weighted by atomic mass is 16.5. The first-order chi connectivity index (χ1) is 16.8. The van der Waals surface area contributed by atoms with Gasteiger partial charge in [0.05, 0.1) is 33.1 Å². The van der Waals surface area contributed by atoms with Gasteiger partial charge < -0.3 is 14.2 Å². The number of benzene rings is 2. The summed E-state index contributed by atoms with van der Waals surface area (Å²) < 4.78 is 18.4. The van der Waals surface area contributed by atoms with Gasteiger partial charge in [-0.05, 0) is 50.6 Å². The first-order valence-corrected chi connectivity index (χ1v) is 11.4. The summed E-state index contributed by atoms with van der Waals surface area (Å²) in [6, 6.07) is 12.7. The molecule has 0 radical (unpaired) electrons. The van der Waals surface area contributed by atoms with Gasteiger partial charge in [0.1, 0.15) is 17.6 Å². The molecular formula is C26H29N5O4. The minimum atomic E-state index is -0.405. The van der Waals surface area contributed by atoms with Gasteiger partial charge in [0.25, 0.3) is 0 Å². The summed E-state index contributed by atoms with van der Waals surface area (Å²) in [6.07, 6.45) is 1.86. The number of amidine groups is 1. The van der Waals surface area contributed by atoms with Crippen LogP contribution in [0.15, 0.2) is 53.7 Å². The van der Waals surface area contributed by atoms with Crippen LogP contribution in [0, 0.1) is 0 Å². The Bertz CT molecular complexity index is 1320. The van der Waals surface area contributed by atoms with Gasteiger partial charge in [-0.1, -0.05) is 12.1 Å². The van der Waals surface area contributed by atoms with Crippen molar-refractivity contribution in [3.63, 3.8) is 0 Å². The normalized spacial score (nSPS) is 19.0. The standard InChI is InChI=1S/C26H29N5O4/c1-26(2,3)31-24-18(14-27-31)21(15-10-11-19(34-5)20(12-15)35-6)22-23(28-24)29-25(32)30(22)16-8-7-9-17(13-16)33-4/h7-14,21-22H,1-6H3,(H,28,29,32)/t21-,22-/m1/s1. The molecular weight excluding hydrogens is 446 g/mol. The van der Waals surface area contributed by atoms with Gasteiger partial charge in [0.2, 0.25) is 0 Å². The summed E-state index contributed by atoms with van der Waals surface area (Å²) in [4.78, 5) is 20.0. The number of fused-ring (bicyclic) bond motifs is 2. The van der Waals surface area contributed by atoms with Crippen LogP contribution in [0.4, 0.5) is 16.3 Å². The van der Waals surface area contributed by atoms with Crippen LogP contribution in [-0.4, -0.2) is 49.0 Å². The molecule has 1 aromatic heterocycles. The summed E-state index contributed by atoms with van der Waals surface area (Å²) in [5, 5.41) is 7.70. The highest BCUT2D eigenvalue weighted by molar-refractivity contribution is 6.18. The van der Waals surface area contributed by atoms with E-state index in [2.05, 4.69) is 26.1 Å². The number of anilines is 1. The van der Waals surface area contributed by atoms with Gasteiger partial charge in [-0.2, -0.15) is 5.10 Å². The molecule has 2 atom stereocenters. The molecule has 1 saturated heterocycles. The lowest BCUT2D eigenvalue weighted by Gasteiger charge is -2.34. The van der Waals surface area contributed by atoms with E-state index >= 15 is 0 Å². The quantitative estimate of drug-likeness (QED) is 0.589. The van der Waals surface area contributed by atoms with Crippen molar-refractivity contribution in [2.45, 2.75) is 38.3 Å². The van der Waals surface area contributed by atoms with Gasteiger partial charge in [-0.3, -0.25) is 10.2 Å². The average molecular weight is 476 g/mol. The molecule has 182 valence electrons. The molecule has 0 saturated carbocycles. The zero-order chi connectivity index (χ0) is 24.9. The molecule has 0 spiro atoms. The van der Waals surface area contributed by atoms with Crippen LogP contribution in [0.1, 0.15) is 37.8 Å². The van der Waals surface area contributed by atoms with E-state index in [4.69, 9.17) is 24.3 Å². The van der Waals surface area contributed by atoms with E-state index in [1.807, 2.05) is 53.3 Å². The SMILES string of the molecule is COc1cccc(N2C(=O)NC3=Nc4c(cnn4C(C)(C)C)[C@@H](c4ccc(OC)c(OC)c4)[C@H]32)c1. The number of carbonyl (C=O) groups excluding carboxylic acids is 1. The van der Waals surface area contributed by atoms with E-state index in [0.29, 0.717) is 28.8 Å². The minimum absolute atomic E-state index is 0.243. The smallest absolute Gasteiger partial charge is 0.328 e. The molecule has 1 N–H and O–H groups in total. The van der Waals surface area contributed by atoms with Crippen molar-refractivity contribution >= 4 is 23.4 Å². The van der Waals surface area contributed by atoms with Crippen LogP contribution in [0.25, 0.3) is 0 Å². The molecule has 0 bridgehead atoms. The number of carbonyl (C=O) groups is 1. The third-order valence-corrected chi connectivity index (χ3v) is 6.39. The third-order valence-electron chi connectivity index (χ3n) is 6.39. The van der Waals surface area contributed by atoms with Crippen molar-refractivity contribution < 1.29 is 19.0 Å². The molecule has 2 amide bonds. The fourth-order valence-electron chi connectivity index (χ4n) is 4.80. The fourth-order valence-corrected chi connectivity index (χ4v) is 4.80. The van der Waals surface area contributed by atoms with Crippen molar-refractivity contribution in [2.75, 3.05) is 26.2 Å². The highest BCUT2D eigenvalue weighted by Gasteiger charge is 2.48. The highest BCUT2D eigenvalue weighted by Crippen LogP contribution is 2.46. The lowest BCUT2D eigenvalue weighted by Crippen LogP contribution is -2.42. The summed E-state index contributed by atoms with van der Waals surface area (Å²) >= 11 is 0. The predicted molar refractivity (Wildman–Crippen MR) is 133 cm³/mol. The number of aromatic nitrogens is 2. The molecule has 9 nitrogen and oxygen atoms in total. The number of methoxy groups -OCH3 is 3. The largest absolute Gasteiger partial charge is 0.497 e. The third kappa shape index (κ3) is 3.67.